The number of benzene rings is 6. The zero-order valence-corrected chi connectivity index (χ0v) is 24.9. The number of furan rings is 2. The smallest absolute Gasteiger partial charge is 0.195 e. The van der Waals surface area contributed by atoms with Crippen LogP contribution < -0.4 is 0 Å². The van der Waals surface area contributed by atoms with Crippen molar-refractivity contribution in [1.29, 1.82) is 0 Å². The van der Waals surface area contributed by atoms with E-state index in [1.54, 1.807) is 0 Å². The highest BCUT2D eigenvalue weighted by Gasteiger charge is 2.30. The minimum Gasteiger partial charge on any atom is -0.456 e. The number of carbonyl (C=O) groups excluding carboxylic acids is 1. The Kier molecular flexibility index (Phi) is 6.10. The summed E-state index contributed by atoms with van der Waals surface area (Å²) in [5.41, 5.74) is 7.80. The standard InChI is InChI=1S/C37H20O4S.C2H6/c38-37-29-17-21(23-9-13-27-25-5-1-3-7-31(25)40-33(27)19-23)11-15-35(29)42(39)36-16-12-22(18-30(36)37)24-10-14-28-26-6-2-4-8-32(26)41-34(28)20-24;1-2/h1-20H;1-2H3. The van der Waals surface area contributed by atoms with Crippen molar-refractivity contribution in [3.8, 4) is 22.3 Å². The Labute approximate surface area is 256 Å². The van der Waals surface area contributed by atoms with Gasteiger partial charge in [0.25, 0.3) is 0 Å². The second kappa shape index (κ2) is 10.2. The molecular formula is C39H26O4S. The molecule has 5 heteroatoms. The van der Waals surface area contributed by atoms with E-state index in [1.165, 1.54) is 0 Å². The van der Waals surface area contributed by atoms with E-state index in [0.717, 1.165) is 66.1 Å². The van der Waals surface area contributed by atoms with Crippen LogP contribution in [0.15, 0.2) is 140 Å². The van der Waals surface area contributed by atoms with Crippen LogP contribution in [0, 0.1) is 0 Å². The fourth-order valence-corrected chi connectivity index (χ4v) is 7.49. The van der Waals surface area contributed by atoms with Gasteiger partial charge >= 0.3 is 0 Å². The molecule has 0 atom stereocenters. The quantitative estimate of drug-likeness (QED) is 0.201. The summed E-state index contributed by atoms with van der Waals surface area (Å²) in [6.45, 7) is 4.00. The van der Waals surface area contributed by atoms with Crippen LogP contribution in [0.2, 0.25) is 0 Å². The SMILES string of the molecule is CC.O=C1c2cc(-c3ccc4c(c3)oc3ccccc34)ccc2S(=O)c2ccc(-c3ccc4c(c3)oc3ccccc34)cc21. The lowest BCUT2D eigenvalue weighted by Crippen LogP contribution is -2.16. The first-order valence-corrected chi connectivity index (χ1v) is 15.9. The van der Waals surface area contributed by atoms with Crippen molar-refractivity contribution in [2.45, 2.75) is 23.6 Å². The summed E-state index contributed by atoms with van der Waals surface area (Å²) in [5.74, 6) is -0.127. The highest BCUT2D eigenvalue weighted by Crippen LogP contribution is 2.39. The largest absolute Gasteiger partial charge is 0.456 e. The first kappa shape index (κ1) is 26.4. The molecule has 0 spiro atoms. The van der Waals surface area contributed by atoms with Crippen molar-refractivity contribution in [1.82, 2.24) is 0 Å². The van der Waals surface area contributed by atoms with Gasteiger partial charge in [0.1, 0.15) is 22.3 Å². The number of hydrogen-bond donors (Lipinski definition) is 0. The highest BCUT2D eigenvalue weighted by atomic mass is 32.2. The van der Waals surface area contributed by atoms with Crippen LogP contribution >= 0.6 is 0 Å². The Hall–Kier alpha value is -5.26. The van der Waals surface area contributed by atoms with E-state index in [9.17, 15) is 9.00 Å². The summed E-state index contributed by atoms with van der Waals surface area (Å²) in [6.07, 6.45) is 0. The minimum atomic E-state index is -1.46. The van der Waals surface area contributed by atoms with Crippen LogP contribution in [-0.4, -0.2) is 9.99 Å². The van der Waals surface area contributed by atoms with Gasteiger partial charge in [0.2, 0.25) is 0 Å². The molecule has 1 aliphatic heterocycles. The maximum absolute atomic E-state index is 13.9. The molecule has 0 unspecified atom stereocenters. The normalized spacial score (nSPS) is 12.8. The van der Waals surface area contributed by atoms with Gasteiger partial charge in [0.05, 0.1) is 20.6 Å². The maximum atomic E-state index is 13.9. The van der Waals surface area contributed by atoms with E-state index in [4.69, 9.17) is 8.83 Å². The van der Waals surface area contributed by atoms with E-state index in [0.29, 0.717) is 20.9 Å². The number of para-hydroxylation sites is 2. The van der Waals surface area contributed by atoms with Crippen LogP contribution in [0.5, 0.6) is 0 Å². The summed E-state index contributed by atoms with van der Waals surface area (Å²) in [7, 11) is -1.46. The van der Waals surface area contributed by atoms with Crippen LogP contribution in [0.1, 0.15) is 29.8 Å². The van der Waals surface area contributed by atoms with Crippen molar-refractivity contribution < 1.29 is 17.8 Å². The minimum absolute atomic E-state index is 0.127. The first-order chi connectivity index (χ1) is 21.6. The number of rotatable bonds is 2. The van der Waals surface area contributed by atoms with E-state index in [2.05, 4.69) is 12.1 Å². The molecule has 4 nitrogen and oxygen atoms in total. The molecular weight excluding hydrogens is 564 g/mol. The molecule has 9 rings (SSSR count). The lowest BCUT2D eigenvalue weighted by Gasteiger charge is -2.19. The number of hydrogen-bond acceptors (Lipinski definition) is 4. The zero-order chi connectivity index (χ0) is 29.9. The van der Waals surface area contributed by atoms with Crippen molar-refractivity contribution >= 4 is 60.5 Å². The van der Waals surface area contributed by atoms with E-state index in [1.807, 2.05) is 123 Å². The average Bonchev–Trinajstić information content (AvgIpc) is 3.65. The maximum Gasteiger partial charge on any atom is 0.195 e. The van der Waals surface area contributed by atoms with Gasteiger partial charge in [-0.2, -0.15) is 0 Å². The lowest BCUT2D eigenvalue weighted by molar-refractivity contribution is 0.103. The second-order valence-corrected chi connectivity index (χ2v) is 12.1. The third-order valence-electron chi connectivity index (χ3n) is 8.27. The zero-order valence-electron chi connectivity index (χ0n) is 24.1. The first-order valence-electron chi connectivity index (χ1n) is 14.7. The number of carbonyl (C=O) groups is 1. The molecule has 8 aromatic rings. The Morgan fingerprint density at radius 2 is 0.841 bits per heavy atom. The molecule has 6 aromatic carbocycles. The number of fused-ring (bicyclic) bond motifs is 8. The van der Waals surface area contributed by atoms with Gasteiger partial charge in [-0.05, 0) is 82.9 Å². The monoisotopic (exact) mass is 590 g/mol. The van der Waals surface area contributed by atoms with Gasteiger partial charge in [0.15, 0.2) is 5.78 Å². The second-order valence-electron chi connectivity index (χ2n) is 10.6. The molecule has 0 N–H and O–H groups in total. The van der Waals surface area contributed by atoms with Crippen LogP contribution in [0.4, 0.5) is 0 Å². The predicted octanol–water partition coefficient (Wildman–Crippen LogP) is 10.6. The Morgan fingerprint density at radius 1 is 0.455 bits per heavy atom. The summed E-state index contributed by atoms with van der Waals surface area (Å²) in [4.78, 5) is 15.0. The molecule has 0 radical (unpaired) electrons. The van der Waals surface area contributed by atoms with Crippen molar-refractivity contribution in [3.63, 3.8) is 0 Å². The highest BCUT2D eigenvalue weighted by molar-refractivity contribution is 7.85. The molecule has 0 bridgehead atoms. The summed E-state index contributed by atoms with van der Waals surface area (Å²) < 4.78 is 25.8. The molecule has 3 heterocycles. The van der Waals surface area contributed by atoms with Gasteiger partial charge in [-0.15, -0.1) is 0 Å². The summed E-state index contributed by atoms with van der Waals surface area (Å²) >= 11 is 0. The van der Waals surface area contributed by atoms with Crippen LogP contribution in [0.3, 0.4) is 0 Å². The average molecular weight is 591 g/mol. The molecule has 0 amide bonds. The molecule has 0 fully saturated rings. The molecule has 0 saturated carbocycles. The van der Waals surface area contributed by atoms with Crippen LogP contribution in [-0.2, 0) is 10.8 Å². The topological polar surface area (TPSA) is 60.4 Å². The van der Waals surface area contributed by atoms with Gasteiger partial charge in [-0.3, -0.25) is 4.79 Å². The Morgan fingerprint density at radius 3 is 1.32 bits per heavy atom. The molecule has 0 saturated heterocycles. The van der Waals surface area contributed by atoms with Gasteiger partial charge in [-0.25, -0.2) is 4.21 Å². The number of ketones is 1. The third-order valence-corrected chi connectivity index (χ3v) is 9.78. The van der Waals surface area contributed by atoms with Crippen LogP contribution in [0.25, 0.3) is 66.1 Å². The lowest BCUT2D eigenvalue weighted by atomic mass is 9.94. The fourth-order valence-electron chi connectivity index (χ4n) is 6.17. The predicted molar refractivity (Wildman–Crippen MR) is 178 cm³/mol. The molecule has 44 heavy (non-hydrogen) atoms. The van der Waals surface area contributed by atoms with Gasteiger partial charge < -0.3 is 8.83 Å². The molecule has 212 valence electrons. The molecule has 2 aromatic heterocycles. The Balaban J connectivity index is 0.00000142. The van der Waals surface area contributed by atoms with Crippen molar-refractivity contribution in [2.75, 3.05) is 0 Å². The van der Waals surface area contributed by atoms with Crippen molar-refractivity contribution in [3.05, 3.63) is 132 Å². The van der Waals surface area contributed by atoms with E-state index >= 15 is 0 Å². The summed E-state index contributed by atoms with van der Waals surface area (Å²) in [5, 5.41) is 4.24. The van der Waals surface area contributed by atoms with E-state index in [-0.39, 0.29) is 5.78 Å². The molecule has 0 aliphatic carbocycles. The fraction of sp³-hybridized carbons (Fsp3) is 0.0513. The van der Waals surface area contributed by atoms with E-state index < -0.39 is 10.8 Å². The Bertz CT molecular complexity index is 2290. The van der Waals surface area contributed by atoms with Crippen molar-refractivity contribution in [2.24, 2.45) is 0 Å². The third kappa shape index (κ3) is 3.97. The van der Waals surface area contributed by atoms with Gasteiger partial charge in [0, 0.05) is 32.7 Å². The van der Waals surface area contributed by atoms with Gasteiger partial charge in [-0.1, -0.05) is 74.5 Å². The summed E-state index contributed by atoms with van der Waals surface area (Å²) in [6, 6.07) is 39.3. The molecule has 1 aliphatic rings.